The summed E-state index contributed by atoms with van der Waals surface area (Å²) in [5.41, 5.74) is 2.31. The standard InChI is InChI=1S/C16H22ClN3S/c1-12(2)18-8-13-4-5-14(19-9-13)10-20(3)11-15-6-7-16(17)21-15/h4-7,9,12,18H,8,10-11H2,1-3H3. The first-order valence-corrected chi connectivity index (χ1v) is 8.32. The van der Waals surface area contributed by atoms with Crippen LogP contribution in [-0.4, -0.2) is 23.0 Å². The first kappa shape index (κ1) is 16.4. The van der Waals surface area contributed by atoms with Crippen LogP contribution in [0.3, 0.4) is 0 Å². The van der Waals surface area contributed by atoms with E-state index in [0.717, 1.165) is 29.7 Å². The van der Waals surface area contributed by atoms with Gasteiger partial charge in [0.2, 0.25) is 0 Å². The van der Waals surface area contributed by atoms with Gasteiger partial charge < -0.3 is 5.32 Å². The van der Waals surface area contributed by atoms with Crippen LogP contribution < -0.4 is 5.32 Å². The first-order chi connectivity index (χ1) is 10.0. The van der Waals surface area contributed by atoms with Gasteiger partial charge in [-0.25, -0.2) is 0 Å². The third-order valence-corrected chi connectivity index (χ3v) is 4.30. The fourth-order valence-electron chi connectivity index (χ4n) is 2.01. The summed E-state index contributed by atoms with van der Waals surface area (Å²) in [4.78, 5) is 8.06. The summed E-state index contributed by atoms with van der Waals surface area (Å²) in [5.74, 6) is 0. The fraction of sp³-hybridized carbons (Fsp3) is 0.438. The maximum atomic E-state index is 5.96. The lowest BCUT2D eigenvalue weighted by atomic mass is 10.2. The number of hydrogen-bond acceptors (Lipinski definition) is 4. The zero-order chi connectivity index (χ0) is 15.2. The van der Waals surface area contributed by atoms with Gasteiger partial charge in [0, 0.05) is 36.8 Å². The topological polar surface area (TPSA) is 28.2 Å². The second-order valence-corrected chi connectivity index (χ2v) is 7.37. The molecule has 2 aromatic heterocycles. The van der Waals surface area contributed by atoms with Gasteiger partial charge in [-0.1, -0.05) is 31.5 Å². The van der Waals surface area contributed by atoms with Crippen molar-refractivity contribution in [3.05, 3.63) is 50.9 Å². The summed E-state index contributed by atoms with van der Waals surface area (Å²) in [5, 5.41) is 3.40. The van der Waals surface area contributed by atoms with Crippen molar-refractivity contribution in [2.75, 3.05) is 7.05 Å². The van der Waals surface area contributed by atoms with E-state index in [2.05, 4.69) is 54.3 Å². The molecule has 0 fully saturated rings. The summed E-state index contributed by atoms with van der Waals surface area (Å²) in [6.45, 7) is 6.90. The highest BCUT2D eigenvalue weighted by molar-refractivity contribution is 7.16. The van der Waals surface area contributed by atoms with Gasteiger partial charge >= 0.3 is 0 Å². The predicted molar refractivity (Wildman–Crippen MR) is 90.7 cm³/mol. The Balaban J connectivity index is 1.84. The number of halogens is 1. The fourth-order valence-corrected chi connectivity index (χ4v) is 3.18. The minimum atomic E-state index is 0.494. The molecule has 0 spiro atoms. The molecule has 0 aliphatic rings. The summed E-state index contributed by atoms with van der Waals surface area (Å²) >= 11 is 7.59. The van der Waals surface area contributed by atoms with Gasteiger partial charge in [-0.05, 0) is 30.8 Å². The van der Waals surface area contributed by atoms with Crippen LogP contribution in [0, 0.1) is 0 Å². The molecule has 0 saturated carbocycles. The second kappa shape index (κ2) is 7.90. The molecule has 2 aromatic rings. The maximum Gasteiger partial charge on any atom is 0.0931 e. The molecule has 0 unspecified atom stereocenters. The van der Waals surface area contributed by atoms with Crippen LogP contribution in [0.25, 0.3) is 0 Å². The highest BCUT2D eigenvalue weighted by atomic mass is 35.5. The Hall–Kier alpha value is -0.940. The zero-order valence-corrected chi connectivity index (χ0v) is 14.3. The van der Waals surface area contributed by atoms with Crippen LogP contribution in [0.15, 0.2) is 30.5 Å². The normalized spacial score (nSPS) is 11.5. The number of pyridine rings is 1. The summed E-state index contributed by atoms with van der Waals surface area (Å²) in [6, 6.07) is 8.78. The van der Waals surface area contributed by atoms with E-state index >= 15 is 0 Å². The van der Waals surface area contributed by atoms with Gasteiger partial charge in [-0.15, -0.1) is 11.3 Å². The largest absolute Gasteiger partial charge is 0.310 e. The predicted octanol–water partition coefficient (Wildman–Crippen LogP) is 3.93. The summed E-state index contributed by atoms with van der Waals surface area (Å²) < 4.78 is 0.846. The van der Waals surface area contributed by atoms with Crippen molar-refractivity contribution < 1.29 is 0 Å². The van der Waals surface area contributed by atoms with E-state index in [0.29, 0.717) is 6.04 Å². The average molecular weight is 324 g/mol. The molecule has 0 atom stereocenters. The van der Waals surface area contributed by atoms with Gasteiger partial charge in [-0.3, -0.25) is 9.88 Å². The molecule has 1 N–H and O–H groups in total. The molecule has 2 heterocycles. The molecular weight excluding hydrogens is 302 g/mol. The molecule has 114 valence electrons. The van der Waals surface area contributed by atoms with Crippen molar-refractivity contribution in [1.29, 1.82) is 0 Å². The Morgan fingerprint density at radius 2 is 2.05 bits per heavy atom. The number of nitrogens with one attached hydrogen (secondary N) is 1. The smallest absolute Gasteiger partial charge is 0.0931 e. The molecule has 0 amide bonds. The minimum Gasteiger partial charge on any atom is -0.310 e. The van der Waals surface area contributed by atoms with E-state index < -0.39 is 0 Å². The molecule has 2 rings (SSSR count). The highest BCUT2D eigenvalue weighted by Crippen LogP contribution is 2.22. The molecule has 0 bridgehead atoms. The Kier molecular flexibility index (Phi) is 6.18. The Morgan fingerprint density at radius 1 is 1.24 bits per heavy atom. The van der Waals surface area contributed by atoms with Crippen molar-refractivity contribution in [2.24, 2.45) is 0 Å². The lowest BCUT2D eigenvalue weighted by molar-refractivity contribution is 0.318. The average Bonchev–Trinajstić information content (AvgIpc) is 2.83. The Morgan fingerprint density at radius 3 is 2.62 bits per heavy atom. The van der Waals surface area contributed by atoms with Crippen molar-refractivity contribution in [3.63, 3.8) is 0 Å². The molecular formula is C16H22ClN3S. The molecule has 0 aliphatic carbocycles. The molecule has 0 radical (unpaired) electrons. The summed E-state index contributed by atoms with van der Waals surface area (Å²) in [7, 11) is 2.10. The van der Waals surface area contributed by atoms with Crippen molar-refractivity contribution in [1.82, 2.24) is 15.2 Å². The van der Waals surface area contributed by atoms with Gasteiger partial charge in [0.25, 0.3) is 0 Å². The molecule has 21 heavy (non-hydrogen) atoms. The van der Waals surface area contributed by atoms with Gasteiger partial charge in [-0.2, -0.15) is 0 Å². The van der Waals surface area contributed by atoms with E-state index in [-0.39, 0.29) is 0 Å². The van der Waals surface area contributed by atoms with Crippen LogP contribution in [0.4, 0.5) is 0 Å². The quantitative estimate of drug-likeness (QED) is 0.837. The Bertz CT molecular complexity index is 551. The van der Waals surface area contributed by atoms with E-state index in [4.69, 9.17) is 11.6 Å². The van der Waals surface area contributed by atoms with Crippen LogP contribution >= 0.6 is 22.9 Å². The van der Waals surface area contributed by atoms with Gasteiger partial charge in [0.1, 0.15) is 0 Å². The van der Waals surface area contributed by atoms with Crippen molar-refractivity contribution in [2.45, 2.75) is 39.5 Å². The lowest BCUT2D eigenvalue weighted by Gasteiger charge is -2.15. The molecule has 0 aliphatic heterocycles. The Labute approximate surface area is 136 Å². The van der Waals surface area contributed by atoms with Gasteiger partial charge in [0.15, 0.2) is 0 Å². The van der Waals surface area contributed by atoms with E-state index in [1.54, 1.807) is 11.3 Å². The number of hydrogen-bond donors (Lipinski definition) is 1. The van der Waals surface area contributed by atoms with E-state index in [1.807, 2.05) is 12.3 Å². The zero-order valence-electron chi connectivity index (χ0n) is 12.8. The first-order valence-electron chi connectivity index (χ1n) is 7.13. The van der Waals surface area contributed by atoms with Crippen LogP contribution in [0.5, 0.6) is 0 Å². The molecule has 0 saturated heterocycles. The lowest BCUT2D eigenvalue weighted by Crippen LogP contribution is -2.22. The third-order valence-electron chi connectivity index (χ3n) is 3.09. The number of rotatable bonds is 7. The number of thiophene rings is 1. The van der Waals surface area contributed by atoms with Crippen LogP contribution in [-0.2, 0) is 19.6 Å². The highest BCUT2D eigenvalue weighted by Gasteiger charge is 2.05. The van der Waals surface area contributed by atoms with E-state index in [1.165, 1.54) is 10.4 Å². The molecule has 3 nitrogen and oxygen atoms in total. The van der Waals surface area contributed by atoms with Crippen LogP contribution in [0.1, 0.15) is 30.0 Å². The number of nitrogens with zero attached hydrogens (tertiary/aromatic N) is 2. The van der Waals surface area contributed by atoms with Crippen molar-refractivity contribution >= 4 is 22.9 Å². The van der Waals surface area contributed by atoms with Gasteiger partial charge in [0.05, 0.1) is 10.0 Å². The minimum absolute atomic E-state index is 0.494. The van der Waals surface area contributed by atoms with Crippen molar-refractivity contribution in [3.8, 4) is 0 Å². The third kappa shape index (κ3) is 5.75. The van der Waals surface area contributed by atoms with E-state index in [9.17, 15) is 0 Å². The maximum absolute atomic E-state index is 5.96. The number of aromatic nitrogens is 1. The SMILES string of the molecule is CC(C)NCc1ccc(CN(C)Cc2ccc(Cl)s2)nc1. The molecule has 5 heteroatoms. The second-order valence-electron chi connectivity index (χ2n) is 5.57. The molecule has 0 aromatic carbocycles. The van der Waals surface area contributed by atoms with Crippen LogP contribution in [0.2, 0.25) is 4.34 Å². The summed E-state index contributed by atoms with van der Waals surface area (Å²) in [6.07, 6.45) is 1.96. The monoisotopic (exact) mass is 323 g/mol.